The lowest BCUT2D eigenvalue weighted by molar-refractivity contribution is 0.462. The Morgan fingerprint density at radius 3 is 2.30 bits per heavy atom. The molecule has 20 heavy (non-hydrogen) atoms. The largest absolute Gasteiger partial charge is 0.324 e. The Labute approximate surface area is 118 Å². The second-order valence-electron chi connectivity index (χ2n) is 5.18. The fraction of sp³-hybridized carbons (Fsp3) is 0.455. The van der Waals surface area contributed by atoms with Gasteiger partial charge in [0.1, 0.15) is 0 Å². The predicted molar refractivity (Wildman–Crippen MR) is 76.2 cm³/mol. The van der Waals surface area contributed by atoms with Crippen LogP contribution < -0.4 is 16.0 Å². The molecule has 0 amide bonds. The summed E-state index contributed by atoms with van der Waals surface area (Å²) in [6, 6.07) is 5.87. The van der Waals surface area contributed by atoms with Crippen LogP contribution in [0.25, 0.3) is 0 Å². The highest BCUT2D eigenvalue weighted by molar-refractivity contribution is 7.92. The van der Waals surface area contributed by atoms with Crippen LogP contribution in [0.3, 0.4) is 0 Å². The minimum atomic E-state index is -3.76. The topological polar surface area (TPSA) is 118 Å². The summed E-state index contributed by atoms with van der Waals surface area (Å²) in [4.78, 5) is 0.0713. The number of sulfone groups is 1. The maximum absolute atomic E-state index is 12.2. The molecule has 0 aliphatic carbocycles. The van der Waals surface area contributed by atoms with Crippen molar-refractivity contribution in [1.29, 1.82) is 0 Å². The van der Waals surface area contributed by atoms with Crippen molar-refractivity contribution in [2.45, 2.75) is 23.8 Å². The fourth-order valence-corrected chi connectivity index (χ4v) is 5.82. The summed E-state index contributed by atoms with van der Waals surface area (Å²) in [5.74, 6) is 5.03. The molecule has 2 rings (SSSR count). The Kier molecular flexibility index (Phi) is 3.80. The molecule has 1 aromatic carbocycles. The number of nitrogen functional groups attached to an aromatic ring is 1. The van der Waals surface area contributed by atoms with Crippen molar-refractivity contribution < 1.29 is 16.8 Å². The Morgan fingerprint density at radius 2 is 1.85 bits per heavy atom. The van der Waals surface area contributed by atoms with E-state index < -0.39 is 25.4 Å². The number of nitrogens with two attached hydrogens (primary N) is 1. The maximum atomic E-state index is 12.2. The SMILES string of the molecule is CC1(NS(=O)(=O)c2ccc(NN)cc2)CCS(=O)(=O)C1. The Hall–Kier alpha value is -1.16. The summed E-state index contributed by atoms with van der Waals surface area (Å²) in [6.07, 6.45) is 0.275. The van der Waals surface area contributed by atoms with Crippen LogP contribution in [0.15, 0.2) is 29.2 Å². The molecule has 1 aliphatic heterocycles. The highest BCUT2D eigenvalue weighted by Crippen LogP contribution is 2.25. The number of rotatable bonds is 4. The first kappa shape index (κ1) is 15.2. The van der Waals surface area contributed by atoms with Gasteiger partial charge >= 0.3 is 0 Å². The lowest BCUT2D eigenvalue weighted by atomic mass is 10.0. The Morgan fingerprint density at radius 1 is 1.25 bits per heavy atom. The number of nitrogens with one attached hydrogen (secondary N) is 2. The lowest BCUT2D eigenvalue weighted by Gasteiger charge is -2.23. The highest BCUT2D eigenvalue weighted by atomic mass is 32.2. The van der Waals surface area contributed by atoms with Gasteiger partial charge in [0.15, 0.2) is 9.84 Å². The van der Waals surface area contributed by atoms with E-state index >= 15 is 0 Å². The van der Waals surface area contributed by atoms with Crippen LogP contribution in [-0.4, -0.2) is 33.9 Å². The molecule has 0 saturated carbocycles. The number of hydrazine groups is 1. The molecule has 0 spiro atoms. The summed E-state index contributed by atoms with van der Waals surface area (Å²) in [5, 5.41) is 0. The second kappa shape index (κ2) is 4.99. The summed E-state index contributed by atoms with van der Waals surface area (Å²) in [5.41, 5.74) is 2.03. The molecule has 1 heterocycles. The van der Waals surface area contributed by atoms with Crippen molar-refractivity contribution in [3.05, 3.63) is 24.3 Å². The molecule has 4 N–H and O–H groups in total. The third kappa shape index (κ3) is 3.29. The van der Waals surface area contributed by atoms with E-state index in [1.165, 1.54) is 24.3 Å². The summed E-state index contributed by atoms with van der Waals surface area (Å²) >= 11 is 0. The Bertz CT molecular complexity index is 698. The van der Waals surface area contributed by atoms with E-state index in [0.29, 0.717) is 5.69 Å². The molecule has 1 fully saturated rings. The van der Waals surface area contributed by atoms with Crippen molar-refractivity contribution in [2.24, 2.45) is 5.84 Å². The molecule has 1 saturated heterocycles. The number of hydrogen-bond donors (Lipinski definition) is 3. The van der Waals surface area contributed by atoms with Crippen molar-refractivity contribution >= 4 is 25.5 Å². The van der Waals surface area contributed by atoms with Crippen LogP contribution in [0.1, 0.15) is 13.3 Å². The van der Waals surface area contributed by atoms with E-state index in [-0.39, 0.29) is 22.8 Å². The molecule has 1 atom stereocenters. The number of sulfonamides is 1. The minimum Gasteiger partial charge on any atom is -0.324 e. The summed E-state index contributed by atoms with van der Waals surface area (Å²) < 4.78 is 50.0. The minimum absolute atomic E-state index is 0.00204. The van der Waals surface area contributed by atoms with E-state index in [4.69, 9.17) is 5.84 Å². The molecule has 9 heteroatoms. The number of benzene rings is 1. The lowest BCUT2D eigenvalue weighted by Crippen LogP contribution is -2.46. The first-order valence-corrected chi connectivity index (χ1v) is 9.27. The molecule has 7 nitrogen and oxygen atoms in total. The van der Waals surface area contributed by atoms with Gasteiger partial charge in [-0.15, -0.1) is 0 Å². The van der Waals surface area contributed by atoms with Crippen molar-refractivity contribution in [1.82, 2.24) is 4.72 Å². The molecule has 112 valence electrons. The van der Waals surface area contributed by atoms with Gasteiger partial charge in [-0.2, -0.15) is 0 Å². The monoisotopic (exact) mass is 319 g/mol. The third-order valence-corrected chi connectivity index (χ3v) is 6.77. The molecule has 1 unspecified atom stereocenters. The molecular formula is C11H17N3O4S2. The average molecular weight is 319 g/mol. The van der Waals surface area contributed by atoms with E-state index in [9.17, 15) is 16.8 Å². The average Bonchev–Trinajstić information content (AvgIpc) is 2.62. The van der Waals surface area contributed by atoms with Crippen molar-refractivity contribution in [2.75, 3.05) is 16.9 Å². The van der Waals surface area contributed by atoms with Crippen LogP contribution >= 0.6 is 0 Å². The summed E-state index contributed by atoms with van der Waals surface area (Å²) in [7, 11) is -6.93. The van der Waals surface area contributed by atoms with Gasteiger partial charge in [-0.05, 0) is 37.6 Å². The molecule has 1 aliphatic rings. The molecule has 0 bridgehead atoms. The van der Waals surface area contributed by atoms with Gasteiger partial charge in [0, 0.05) is 11.2 Å². The van der Waals surface area contributed by atoms with Gasteiger partial charge in [-0.1, -0.05) is 0 Å². The number of anilines is 1. The zero-order valence-corrected chi connectivity index (χ0v) is 12.6. The van der Waals surface area contributed by atoms with Crippen molar-refractivity contribution in [3.63, 3.8) is 0 Å². The second-order valence-corrected chi connectivity index (χ2v) is 9.04. The fourth-order valence-electron chi connectivity index (χ4n) is 2.20. The van der Waals surface area contributed by atoms with Gasteiger partial charge in [-0.25, -0.2) is 21.6 Å². The van der Waals surface area contributed by atoms with Crippen LogP contribution in [0.5, 0.6) is 0 Å². The zero-order valence-electron chi connectivity index (χ0n) is 11.0. The summed E-state index contributed by atoms with van der Waals surface area (Å²) in [6.45, 7) is 1.60. The smallest absolute Gasteiger partial charge is 0.241 e. The molecular weight excluding hydrogens is 302 g/mol. The third-order valence-electron chi connectivity index (χ3n) is 3.22. The van der Waals surface area contributed by atoms with E-state index in [1.807, 2.05) is 0 Å². The van der Waals surface area contributed by atoms with Crippen LogP contribution in [-0.2, 0) is 19.9 Å². The molecule has 0 radical (unpaired) electrons. The van der Waals surface area contributed by atoms with E-state index in [0.717, 1.165) is 0 Å². The first-order chi connectivity index (χ1) is 9.16. The normalized spacial score (nSPS) is 25.5. The van der Waals surface area contributed by atoms with Gasteiger partial charge in [0.05, 0.1) is 16.4 Å². The quantitative estimate of drug-likeness (QED) is 0.524. The van der Waals surface area contributed by atoms with E-state index in [2.05, 4.69) is 10.1 Å². The standard InChI is InChI=1S/C11H17N3O4S2/c1-11(6-7-19(15,16)8-11)14-20(17,18)10-4-2-9(13-12)3-5-10/h2-5,13-14H,6-8,12H2,1H3. The highest BCUT2D eigenvalue weighted by Gasteiger charge is 2.41. The maximum Gasteiger partial charge on any atom is 0.241 e. The van der Waals surface area contributed by atoms with Gasteiger partial charge < -0.3 is 5.43 Å². The zero-order chi connectivity index (χ0) is 15.0. The molecule has 1 aromatic rings. The first-order valence-electron chi connectivity index (χ1n) is 5.97. The number of hydrogen-bond acceptors (Lipinski definition) is 6. The Balaban J connectivity index is 2.23. The van der Waals surface area contributed by atoms with Gasteiger partial charge in [-0.3, -0.25) is 5.84 Å². The van der Waals surface area contributed by atoms with E-state index in [1.54, 1.807) is 6.92 Å². The van der Waals surface area contributed by atoms with Crippen LogP contribution in [0, 0.1) is 0 Å². The van der Waals surface area contributed by atoms with Crippen LogP contribution in [0.4, 0.5) is 5.69 Å². The van der Waals surface area contributed by atoms with Gasteiger partial charge in [0.25, 0.3) is 0 Å². The van der Waals surface area contributed by atoms with Gasteiger partial charge in [0.2, 0.25) is 10.0 Å². The van der Waals surface area contributed by atoms with Crippen LogP contribution in [0.2, 0.25) is 0 Å². The predicted octanol–water partition coefficient (Wildman–Crippen LogP) is -0.172. The van der Waals surface area contributed by atoms with Crippen molar-refractivity contribution in [3.8, 4) is 0 Å². The molecule has 0 aromatic heterocycles.